The number of carbonyl (C=O) groups excluding carboxylic acids is 1. The van der Waals surface area contributed by atoms with Gasteiger partial charge in [-0.1, -0.05) is 18.6 Å². The zero-order valence-corrected chi connectivity index (χ0v) is 16.2. The molecule has 1 saturated carbocycles. The smallest absolute Gasteiger partial charge is 0.225 e. The van der Waals surface area contributed by atoms with Crippen LogP contribution in [0, 0.1) is 5.92 Å². The van der Waals surface area contributed by atoms with Crippen molar-refractivity contribution < 1.29 is 13.9 Å². The molecule has 2 aromatic rings. The van der Waals surface area contributed by atoms with Crippen molar-refractivity contribution in [3.63, 3.8) is 0 Å². The van der Waals surface area contributed by atoms with E-state index in [2.05, 4.69) is 18.0 Å². The van der Waals surface area contributed by atoms with Crippen LogP contribution in [0.5, 0.6) is 5.75 Å². The van der Waals surface area contributed by atoms with Gasteiger partial charge in [0.15, 0.2) is 0 Å². The third-order valence-electron chi connectivity index (χ3n) is 6.04. The van der Waals surface area contributed by atoms with Gasteiger partial charge in [0.05, 0.1) is 18.7 Å². The third kappa shape index (κ3) is 3.73. The fourth-order valence-electron chi connectivity index (χ4n) is 4.17. The Kier molecular flexibility index (Phi) is 4.94. The molecule has 0 N–H and O–H groups in total. The van der Waals surface area contributed by atoms with Crippen molar-refractivity contribution in [1.82, 2.24) is 9.88 Å². The van der Waals surface area contributed by atoms with Crippen molar-refractivity contribution in [2.24, 2.45) is 5.92 Å². The van der Waals surface area contributed by atoms with Gasteiger partial charge < -0.3 is 14.1 Å². The summed E-state index contributed by atoms with van der Waals surface area (Å²) in [5, 5.41) is 0. The maximum Gasteiger partial charge on any atom is 0.225 e. The first kappa shape index (κ1) is 18.1. The highest BCUT2D eigenvalue weighted by atomic mass is 16.5. The lowest BCUT2D eigenvalue weighted by Gasteiger charge is -2.41. The molecular weight excluding hydrogens is 340 g/mol. The Labute approximate surface area is 160 Å². The average Bonchev–Trinajstić information content (AvgIpc) is 3.10. The molecule has 144 valence electrons. The number of ether oxygens (including phenoxy) is 1. The van der Waals surface area contributed by atoms with Crippen LogP contribution in [0.4, 0.5) is 0 Å². The fraction of sp³-hybridized carbons (Fsp3) is 0.545. The second-order valence-electron chi connectivity index (χ2n) is 8.21. The number of carbonyl (C=O) groups is 1. The van der Waals surface area contributed by atoms with Crippen molar-refractivity contribution in [3.05, 3.63) is 47.7 Å². The lowest BCUT2D eigenvalue weighted by atomic mass is 9.79. The van der Waals surface area contributed by atoms with E-state index in [1.165, 1.54) is 6.42 Å². The van der Waals surface area contributed by atoms with Crippen molar-refractivity contribution >= 4 is 5.91 Å². The van der Waals surface area contributed by atoms with Crippen LogP contribution in [-0.4, -0.2) is 36.0 Å². The van der Waals surface area contributed by atoms with Gasteiger partial charge in [-0.25, -0.2) is 4.98 Å². The van der Waals surface area contributed by atoms with Crippen LogP contribution < -0.4 is 4.74 Å². The molecule has 1 aliphatic carbocycles. The summed E-state index contributed by atoms with van der Waals surface area (Å²) < 4.78 is 11.4. The molecule has 27 heavy (non-hydrogen) atoms. The first-order valence-corrected chi connectivity index (χ1v) is 9.94. The summed E-state index contributed by atoms with van der Waals surface area (Å²) in [6.45, 7) is 3.75. The second-order valence-corrected chi connectivity index (χ2v) is 8.21. The summed E-state index contributed by atoms with van der Waals surface area (Å²) >= 11 is 0. The van der Waals surface area contributed by atoms with Crippen LogP contribution in [0.1, 0.15) is 56.2 Å². The molecule has 0 bridgehead atoms. The predicted octanol–water partition coefficient (Wildman–Crippen LogP) is 3.95. The lowest BCUT2D eigenvalue weighted by molar-refractivity contribution is -0.140. The molecule has 2 fully saturated rings. The molecule has 1 aromatic carbocycles. The first-order chi connectivity index (χ1) is 13.1. The van der Waals surface area contributed by atoms with Gasteiger partial charge in [-0.05, 0) is 50.3 Å². The van der Waals surface area contributed by atoms with E-state index in [0.717, 1.165) is 55.2 Å². The van der Waals surface area contributed by atoms with Crippen molar-refractivity contribution in [2.45, 2.75) is 50.9 Å². The standard InChI is InChI=1S/C22H28N2O3/c1-22(10-5-11-24(15-22)20(25)17-7-4-8-17)21-23-14-19(27-21)13-16-6-3-9-18(12-16)26-2/h3,6,9,12,14,17H,4-5,7-8,10-11,13,15H2,1-2H3/t22-/m0/s1. The molecule has 5 nitrogen and oxygen atoms in total. The van der Waals surface area contributed by atoms with Crippen LogP contribution in [-0.2, 0) is 16.6 Å². The lowest BCUT2D eigenvalue weighted by Crippen LogP contribution is -2.50. The largest absolute Gasteiger partial charge is 0.497 e. The number of methoxy groups -OCH3 is 1. The molecule has 0 spiro atoms. The molecule has 2 aliphatic rings. The molecule has 0 unspecified atom stereocenters. The Bertz CT molecular complexity index is 811. The van der Waals surface area contributed by atoms with E-state index in [1.807, 2.05) is 29.3 Å². The fourth-order valence-corrected chi connectivity index (χ4v) is 4.17. The number of benzene rings is 1. The Morgan fingerprint density at radius 1 is 1.37 bits per heavy atom. The summed E-state index contributed by atoms with van der Waals surface area (Å²) in [6.07, 6.45) is 7.81. The molecule has 5 heteroatoms. The molecule has 1 amide bonds. The zero-order valence-electron chi connectivity index (χ0n) is 16.2. The van der Waals surface area contributed by atoms with Crippen LogP contribution in [0.3, 0.4) is 0 Å². The second kappa shape index (κ2) is 7.37. The van der Waals surface area contributed by atoms with Gasteiger partial charge in [0.25, 0.3) is 0 Å². The maximum atomic E-state index is 12.7. The van der Waals surface area contributed by atoms with E-state index in [0.29, 0.717) is 18.9 Å². The number of hydrogen-bond acceptors (Lipinski definition) is 4. The van der Waals surface area contributed by atoms with E-state index in [9.17, 15) is 4.79 Å². The van der Waals surface area contributed by atoms with E-state index in [1.54, 1.807) is 7.11 Å². The molecule has 4 rings (SSSR count). The summed E-state index contributed by atoms with van der Waals surface area (Å²) in [7, 11) is 1.67. The topological polar surface area (TPSA) is 55.6 Å². The van der Waals surface area contributed by atoms with Crippen LogP contribution >= 0.6 is 0 Å². The van der Waals surface area contributed by atoms with Crippen molar-refractivity contribution in [1.29, 1.82) is 0 Å². The normalized spacial score (nSPS) is 23.1. The predicted molar refractivity (Wildman–Crippen MR) is 103 cm³/mol. The minimum atomic E-state index is -0.204. The summed E-state index contributed by atoms with van der Waals surface area (Å²) in [4.78, 5) is 19.3. The van der Waals surface area contributed by atoms with Gasteiger partial charge in [0, 0.05) is 25.4 Å². The first-order valence-electron chi connectivity index (χ1n) is 9.94. The number of likely N-dealkylation sites (tertiary alicyclic amines) is 1. The number of nitrogens with zero attached hydrogens (tertiary/aromatic N) is 2. The minimum Gasteiger partial charge on any atom is -0.497 e. The molecule has 1 saturated heterocycles. The van der Waals surface area contributed by atoms with Gasteiger partial charge in [-0.3, -0.25) is 4.79 Å². The average molecular weight is 368 g/mol. The van der Waals surface area contributed by atoms with Crippen molar-refractivity contribution in [3.8, 4) is 5.75 Å². The van der Waals surface area contributed by atoms with Gasteiger partial charge in [0.1, 0.15) is 11.5 Å². The Balaban J connectivity index is 1.46. The Morgan fingerprint density at radius 2 is 2.22 bits per heavy atom. The van der Waals surface area contributed by atoms with Crippen molar-refractivity contribution in [2.75, 3.05) is 20.2 Å². The molecule has 1 aliphatic heterocycles. The number of rotatable bonds is 5. The van der Waals surface area contributed by atoms with Gasteiger partial charge in [-0.2, -0.15) is 0 Å². The quantitative estimate of drug-likeness (QED) is 0.802. The van der Waals surface area contributed by atoms with Gasteiger partial charge >= 0.3 is 0 Å². The maximum absolute atomic E-state index is 12.7. The number of aromatic nitrogens is 1. The third-order valence-corrected chi connectivity index (χ3v) is 6.04. The van der Waals surface area contributed by atoms with Crippen LogP contribution in [0.25, 0.3) is 0 Å². The molecule has 1 atom stereocenters. The monoisotopic (exact) mass is 368 g/mol. The highest BCUT2D eigenvalue weighted by molar-refractivity contribution is 5.79. The number of oxazole rings is 1. The summed E-state index contributed by atoms with van der Waals surface area (Å²) in [5.74, 6) is 3.03. The Morgan fingerprint density at radius 3 is 2.96 bits per heavy atom. The Hall–Kier alpha value is -2.30. The molecule has 2 heterocycles. The van der Waals surface area contributed by atoms with E-state index in [4.69, 9.17) is 9.15 Å². The summed E-state index contributed by atoms with van der Waals surface area (Å²) in [5.41, 5.74) is 0.928. The molecular formula is C22H28N2O3. The van der Waals surface area contributed by atoms with E-state index >= 15 is 0 Å². The molecule has 0 radical (unpaired) electrons. The van der Waals surface area contributed by atoms with E-state index in [-0.39, 0.29) is 11.3 Å². The minimum absolute atomic E-state index is 0.204. The number of piperidine rings is 1. The SMILES string of the molecule is COc1cccc(Cc2cnc([C@@]3(C)CCCN(C(=O)C4CCC4)C3)o2)c1. The van der Waals surface area contributed by atoms with E-state index < -0.39 is 0 Å². The summed E-state index contributed by atoms with van der Waals surface area (Å²) in [6, 6.07) is 8.00. The number of hydrogen-bond donors (Lipinski definition) is 0. The van der Waals surface area contributed by atoms with Crippen LogP contribution in [0.15, 0.2) is 34.9 Å². The van der Waals surface area contributed by atoms with Gasteiger partial charge in [-0.15, -0.1) is 0 Å². The highest BCUT2D eigenvalue weighted by Gasteiger charge is 2.40. The molecule has 1 aromatic heterocycles. The highest BCUT2D eigenvalue weighted by Crippen LogP contribution is 2.36. The zero-order chi connectivity index (χ0) is 18.9. The van der Waals surface area contributed by atoms with Gasteiger partial charge in [0.2, 0.25) is 11.8 Å². The number of amides is 1. The van der Waals surface area contributed by atoms with Crippen LogP contribution in [0.2, 0.25) is 0 Å².